The lowest BCUT2D eigenvalue weighted by molar-refractivity contribution is 0.0629. The fraction of sp³-hybridized carbons (Fsp3) is 0.333. The van der Waals surface area contributed by atoms with Crippen molar-refractivity contribution in [1.29, 1.82) is 0 Å². The average molecular weight is 305 g/mol. The third-order valence-corrected chi connectivity index (χ3v) is 4.45. The Kier molecular flexibility index (Phi) is 4.26. The van der Waals surface area contributed by atoms with Gasteiger partial charge in [-0.2, -0.15) is 4.39 Å². The summed E-state index contributed by atoms with van der Waals surface area (Å²) >= 11 is 1.75. The summed E-state index contributed by atoms with van der Waals surface area (Å²) in [6.45, 7) is 3.97. The van der Waals surface area contributed by atoms with Crippen LogP contribution in [0.4, 0.5) is 4.39 Å². The third kappa shape index (κ3) is 3.46. The Hall–Kier alpha value is -1.79. The van der Waals surface area contributed by atoms with E-state index in [1.54, 1.807) is 22.3 Å². The van der Waals surface area contributed by atoms with E-state index in [9.17, 15) is 9.18 Å². The zero-order chi connectivity index (χ0) is 14.7. The highest BCUT2D eigenvalue weighted by Crippen LogP contribution is 2.15. The number of hydrogen-bond donors (Lipinski definition) is 0. The Morgan fingerprint density at radius 2 is 2.10 bits per heavy atom. The van der Waals surface area contributed by atoms with Gasteiger partial charge in [-0.25, -0.2) is 4.98 Å². The first-order valence-corrected chi connectivity index (χ1v) is 7.76. The summed E-state index contributed by atoms with van der Waals surface area (Å²) in [5.41, 5.74) is 0.370. The molecule has 110 valence electrons. The maximum Gasteiger partial charge on any atom is 0.254 e. The largest absolute Gasteiger partial charge is 0.336 e. The molecular formula is C15H16FN3OS. The van der Waals surface area contributed by atoms with Gasteiger partial charge >= 0.3 is 0 Å². The van der Waals surface area contributed by atoms with Crippen molar-refractivity contribution in [2.75, 3.05) is 26.2 Å². The van der Waals surface area contributed by atoms with E-state index in [-0.39, 0.29) is 5.91 Å². The summed E-state index contributed by atoms with van der Waals surface area (Å²) in [6, 6.07) is 6.93. The number of halogens is 1. The number of piperazine rings is 1. The third-order valence-electron chi connectivity index (χ3n) is 3.59. The van der Waals surface area contributed by atoms with E-state index in [1.807, 2.05) is 0 Å². The van der Waals surface area contributed by atoms with Crippen molar-refractivity contribution in [2.45, 2.75) is 6.54 Å². The molecule has 21 heavy (non-hydrogen) atoms. The molecule has 0 radical (unpaired) electrons. The number of carbonyl (C=O) groups is 1. The van der Waals surface area contributed by atoms with Gasteiger partial charge in [-0.1, -0.05) is 6.07 Å². The molecule has 4 nitrogen and oxygen atoms in total. The molecule has 0 spiro atoms. The van der Waals surface area contributed by atoms with Gasteiger partial charge in [0.05, 0.1) is 0 Å². The Balaban J connectivity index is 1.57. The van der Waals surface area contributed by atoms with Gasteiger partial charge in [-0.3, -0.25) is 9.69 Å². The minimum absolute atomic E-state index is 0.118. The molecule has 0 aliphatic carbocycles. The summed E-state index contributed by atoms with van der Waals surface area (Å²) in [7, 11) is 0. The molecule has 0 aromatic carbocycles. The number of aromatic nitrogens is 1. The van der Waals surface area contributed by atoms with Gasteiger partial charge in [0.2, 0.25) is 5.95 Å². The van der Waals surface area contributed by atoms with Crippen molar-refractivity contribution in [2.24, 2.45) is 0 Å². The van der Waals surface area contributed by atoms with Gasteiger partial charge in [0.25, 0.3) is 5.91 Å². The molecule has 0 unspecified atom stereocenters. The van der Waals surface area contributed by atoms with Crippen LogP contribution in [0.5, 0.6) is 0 Å². The highest BCUT2D eigenvalue weighted by Gasteiger charge is 2.22. The van der Waals surface area contributed by atoms with Crippen molar-refractivity contribution in [3.05, 3.63) is 52.2 Å². The van der Waals surface area contributed by atoms with Crippen LogP contribution in [-0.2, 0) is 6.54 Å². The lowest BCUT2D eigenvalue weighted by atomic mass is 10.2. The van der Waals surface area contributed by atoms with Gasteiger partial charge in [0.15, 0.2) is 0 Å². The zero-order valence-electron chi connectivity index (χ0n) is 11.5. The van der Waals surface area contributed by atoms with Gasteiger partial charge in [-0.15, -0.1) is 11.3 Å². The summed E-state index contributed by atoms with van der Waals surface area (Å²) < 4.78 is 13.1. The van der Waals surface area contributed by atoms with Crippen LogP contribution in [-0.4, -0.2) is 46.9 Å². The van der Waals surface area contributed by atoms with E-state index in [2.05, 4.69) is 27.4 Å². The predicted molar refractivity (Wildman–Crippen MR) is 79.7 cm³/mol. The number of nitrogens with zero attached hydrogens (tertiary/aromatic N) is 3. The highest BCUT2D eigenvalue weighted by atomic mass is 32.1. The Morgan fingerprint density at radius 3 is 2.76 bits per heavy atom. The molecule has 3 heterocycles. The summed E-state index contributed by atoms with van der Waals surface area (Å²) in [5, 5.41) is 2.08. The van der Waals surface area contributed by atoms with E-state index in [0.29, 0.717) is 18.7 Å². The molecule has 1 amide bonds. The SMILES string of the molecule is O=C(c1ccnc(F)c1)N1CCN(Cc2cccs2)CC1. The van der Waals surface area contributed by atoms with Gasteiger partial charge in [0.1, 0.15) is 0 Å². The van der Waals surface area contributed by atoms with E-state index >= 15 is 0 Å². The van der Waals surface area contributed by atoms with Crippen molar-refractivity contribution < 1.29 is 9.18 Å². The second-order valence-electron chi connectivity index (χ2n) is 5.01. The fourth-order valence-corrected chi connectivity index (χ4v) is 3.20. The Bertz CT molecular complexity index is 609. The minimum atomic E-state index is -0.614. The molecule has 1 fully saturated rings. The van der Waals surface area contributed by atoms with Crippen molar-refractivity contribution in [1.82, 2.24) is 14.8 Å². The summed E-state index contributed by atoms with van der Waals surface area (Å²) in [6.07, 6.45) is 1.33. The summed E-state index contributed by atoms with van der Waals surface area (Å²) in [4.78, 5) is 21.2. The lowest BCUT2D eigenvalue weighted by Gasteiger charge is -2.34. The minimum Gasteiger partial charge on any atom is -0.336 e. The number of rotatable bonds is 3. The van der Waals surface area contributed by atoms with Crippen LogP contribution in [0.2, 0.25) is 0 Å². The first-order chi connectivity index (χ1) is 10.2. The van der Waals surface area contributed by atoms with Crippen molar-refractivity contribution in [3.8, 4) is 0 Å². The molecule has 6 heteroatoms. The molecule has 2 aromatic rings. The molecule has 1 saturated heterocycles. The normalized spacial score (nSPS) is 16.1. The predicted octanol–water partition coefficient (Wildman–Crippen LogP) is 2.24. The van der Waals surface area contributed by atoms with E-state index in [0.717, 1.165) is 19.6 Å². The molecular weight excluding hydrogens is 289 g/mol. The van der Waals surface area contributed by atoms with Crippen molar-refractivity contribution in [3.63, 3.8) is 0 Å². The molecule has 1 aliphatic heterocycles. The van der Waals surface area contributed by atoms with Gasteiger partial charge in [-0.05, 0) is 17.5 Å². The number of carbonyl (C=O) groups excluding carboxylic acids is 1. The maximum atomic E-state index is 13.1. The van der Waals surface area contributed by atoms with E-state index in [4.69, 9.17) is 0 Å². The van der Waals surface area contributed by atoms with Gasteiger partial charge in [0, 0.05) is 55.4 Å². The first kappa shape index (κ1) is 14.2. The van der Waals surface area contributed by atoms with Crippen LogP contribution in [0.15, 0.2) is 35.8 Å². The van der Waals surface area contributed by atoms with Crippen LogP contribution >= 0.6 is 11.3 Å². The second-order valence-corrected chi connectivity index (χ2v) is 6.05. The molecule has 0 atom stereocenters. The standard InChI is InChI=1S/C15H16FN3OS/c16-14-10-12(3-4-17-14)15(20)19-7-5-18(6-8-19)11-13-2-1-9-21-13/h1-4,9-10H,5-8,11H2. The highest BCUT2D eigenvalue weighted by molar-refractivity contribution is 7.09. The average Bonchev–Trinajstić information content (AvgIpc) is 3.00. The van der Waals surface area contributed by atoms with Crippen molar-refractivity contribution >= 4 is 17.2 Å². The topological polar surface area (TPSA) is 36.4 Å². The van der Waals surface area contributed by atoms with Crippen LogP contribution in [0, 0.1) is 5.95 Å². The fourth-order valence-electron chi connectivity index (χ4n) is 2.45. The summed E-state index contributed by atoms with van der Waals surface area (Å²) in [5.74, 6) is -0.732. The van der Waals surface area contributed by atoms with Crippen LogP contribution in [0.3, 0.4) is 0 Å². The number of amides is 1. The Labute approximate surface area is 126 Å². The Morgan fingerprint density at radius 1 is 1.29 bits per heavy atom. The van der Waals surface area contributed by atoms with Crippen LogP contribution in [0.1, 0.15) is 15.2 Å². The molecule has 3 rings (SSSR count). The quantitative estimate of drug-likeness (QED) is 0.816. The van der Waals surface area contributed by atoms with Crippen LogP contribution in [0.25, 0.3) is 0 Å². The van der Waals surface area contributed by atoms with Crippen LogP contribution < -0.4 is 0 Å². The van der Waals surface area contributed by atoms with E-state index < -0.39 is 5.95 Å². The smallest absolute Gasteiger partial charge is 0.254 e. The second kappa shape index (κ2) is 6.32. The molecule has 2 aromatic heterocycles. The molecule has 0 N–H and O–H groups in total. The monoisotopic (exact) mass is 305 g/mol. The maximum absolute atomic E-state index is 13.1. The molecule has 0 saturated carbocycles. The number of hydrogen-bond acceptors (Lipinski definition) is 4. The zero-order valence-corrected chi connectivity index (χ0v) is 12.4. The molecule has 0 bridgehead atoms. The number of pyridine rings is 1. The molecule has 1 aliphatic rings. The van der Waals surface area contributed by atoms with E-state index in [1.165, 1.54) is 17.1 Å². The lowest BCUT2D eigenvalue weighted by Crippen LogP contribution is -2.48. The first-order valence-electron chi connectivity index (χ1n) is 6.88. The van der Waals surface area contributed by atoms with Gasteiger partial charge < -0.3 is 4.90 Å². The number of thiophene rings is 1.